The molecule has 2 atom stereocenters. The molecule has 5 N–H and O–H groups in total. The van der Waals surface area contributed by atoms with Gasteiger partial charge in [-0.2, -0.15) is 0 Å². The summed E-state index contributed by atoms with van der Waals surface area (Å²) in [6.07, 6.45) is 17.5. The summed E-state index contributed by atoms with van der Waals surface area (Å²) in [6.45, 7) is 2.59. The maximum Gasteiger partial charge on any atom is 0.487 e. The molecule has 0 aliphatic heterocycles. The van der Waals surface area contributed by atoms with Gasteiger partial charge in [-0.1, -0.05) is 106 Å². The second-order valence-corrected chi connectivity index (χ2v) is 11.2. The van der Waals surface area contributed by atoms with Gasteiger partial charge in [0.15, 0.2) is 5.68 Å². The average Bonchev–Trinajstić information content (AvgIpc) is 2.88. The monoisotopic (exact) mass is 653 g/mol. The maximum atomic E-state index is 12.9. The Balaban J connectivity index is 3.83. The van der Waals surface area contributed by atoms with Gasteiger partial charge in [-0.05, 0) is 32.1 Å². The lowest BCUT2D eigenvalue weighted by molar-refractivity contribution is -0.142. The molecule has 0 fully saturated rings. The van der Waals surface area contributed by atoms with Gasteiger partial charge in [-0.3, -0.25) is 9.59 Å². The van der Waals surface area contributed by atoms with Gasteiger partial charge < -0.3 is 30.6 Å². The summed E-state index contributed by atoms with van der Waals surface area (Å²) >= 11 is 1.38. The van der Waals surface area contributed by atoms with E-state index >= 15 is 0 Å². The first-order valence-electron chi connectivity index (χ1n) is 14.5. The number of hydrogen-bond acceptors (Lipinski definition) is 5. The zero-order valence-corrected chi connectivity index (χ0v) is 25.4. The van der Waals surface area contributed by atoms with Crippen LogP contribution in [-0.4, -0.2) is 52.0 Å². The molecule has 0 bridgehead atoms. The Kier molecular flexibility index (Phi) is 24.0. The third-order valence-electron chi connectivity index (χ3n) is 6.65. The van der Waals surface area contributed by atoms with Crippen molar-refractivity contribution in [2.45, 2.75) is 141 Å². The molecule has 0 aromatic carbocycles. The molecule has 2 amide bonds. The Morgan fingerprint density at radius 1 is 0.789 bits per heavy atom. The molecule has 0 saturated heterocycles. The Bertz CT molecular complexity index is 673. The van der Waals surface area contributed by atoms with Gasteiger partial charge >= 0.3 is 10.8 Å². The molecule has 0 heterocycles. The van der Waals surface area contributed by atoms with Crippen molar-refractivity contribution in [1.82, 2.24) is 10.6 Å². The van der Waals surface area contributed by atoms with Crippen molar-refractivity contribution in [3.05, 3.63) is 0 Å². The summed E-state index contributed by atoms with van der Waals surface area (Å²) in [7, 11) is 0. The van der Waals surface area contributed by atoms with E-state index in [0.717, 1.165) is 19.3 Å². The number of aliphatic carboxylic acids is 1. The number of hydrogen-bond donors (Lipinski definition) is 4. The molecule has 0 spiro atoms. The van der Waals surface area contributed by atoms with E-state index in [9.17, 15) is 28.6 Å². The van der Waals surface area contributed by atoms with Crippen molar-refractivity contribution in [1.29, 1.82) is 0 Å². The summed E-state index contributed by atoms with van der Waals surface area (Å²) in [4.78, 5) is 45.5. The fourth-order valence-corrected chi connectivity index (χ4v) is 4.67. The quantitative estimate of drug-likeness (QED) is 0.0558. The molecule has 0 aromatic rings. The Labute approximate surface area is 242 Å². The maximum absolute atomic E-state index is 12.9. The van der Waals surface area contributed by atoms with Crippen LogP contribution in [0.25, 0.3) is 0 Å². The largest absolute Gasteiger partial charge is 0.487 e. The minimum Gasteiger partial charge on any atom is -0.480 e. The third kappa shape index (κ3) is 21.7. The van der Waals surface area contributed by atoms with E-state index in [-0.39, 0.29) is 24.7 Å². The van der Waals surface area contributed by atoms with E-state index in [0.29, 0.717) is 32.2 Å². The summed E-state index contributed by atoms with van der Waals surface area (Å²) < 4.78 is 12.9. The van der Waals surface area contributed by atoms with Crippen LogP contribution in [0, 0.1) is 0 Å². The van der Waals surface area contributed by atoms with E-state index in [4.69, 9.17) is 5.73 Å². The number of carboxylic acid groups (broad SMARTS) is 1. The zero-order valence-electron chi connectivity index (χ0n) is 23.3. The number of nitrogens with one attached hydrogen (secondary N) is 2. The molecule has 11 heteroatoms. The number of rotatable bonds is 26. The van der Waals surface area contributed by atoms with Crippen LogP contribution in [0.3, 0.4) is 0 Å². The first kappa shape index (κ1) is 36.8. The van der Waals surface area contributed by atoms with Gasteiger partial charge in [-0.25, -0.2) is 4.79 Å². The molecule has 38 heavy (non-hydrogen) atoms. The van der Waals surface area contributed by atoms with Crippen LogP contribution in [0.4, 0.5) is 4.32 Å². The molecule has 220 valence electrons. The highest BCUT2D eigenvalue weighted by Gasteiger charge is 2.26. The van der Waals surface area contributed by atoms with Crippen molar-refractivity contribution < 1.29 is 28.6 Å². The minimum absolute atomic E-state index is 0.0123. The summed E-state index contributed by atoms with van der Waals surface area (Å²) in [6, 6.07) is -1.95. The van der Waals surface area contributed by atoms with Crippen LogP contribution >= 0.6 is 22.4 Å². The first-order chi connectivity index (χ1) is 18.2. The van der Waals surface area contributed by atoms with Crippen molar-refractivity contribution in [3.8, 4) is 0 Å². The number of amides is 2. The third-order valence-corrected chi connectivity index (χ3v) is 7.26. The molecule has 0 aliphatic rings. The van der Waals surface area contributed by atoms with E-state index in [1.807, 2.05) is 0 Å². The van der Waals surface area contributed by atoms with E-state index in [1.165, 1.54) is 86.6 Å². The summed E-state index contributed by atoms with van der Waals surface area (Å²) in [5.41, 5.74) is 4.99. The van der Waals surface area contributed by atoms with Crippen molar-refractivity contribution in [2.24, 2.45) is 5.73 Å². The smallest absolute Gasteiger partial charge is 0.480 e. The summed E-state index contributed by atoms with van der Waals surface area (Å²) in [5, 5.41) is 14.6. The minimum atomic E-state index is -1.61. The fraction of sp³-hybridized carbons (Fsp3) is 0.852. The number of carbonyl (C=O) groups excluding carboxylic acids is 3. The van der Waals surface area contributed by atoms with Crippen molar-refractivity contribution >= 4 is 50.7 Å². The van der Waals surface area contributed by atoms with Crippen LogP contribution in [0.1, 0.15) is 129 Å². The average molecular weight is 653 g/mol. The highest BCUT2D eigenvalue weighted by Crippen LogP contribution is 2.13. The van der Waals surface area contributed by atoms with Crippen LogP contribution in [0.15, 0.2) is 0 Å². The van der Waals surface area contributed by atoms with Crippen LogP contribution < -0.4 is 16.4 Å². The van der Waals surface area contributed by atoms with E-state index in [1.54, 1.807) is 0 Å². The SMILES string of the molecule is CCCCCCCCCCCCCCCC(=O)N[C@@H](CCC(=O)NCCCC[C@H](N)C(=O)B(F)I)C(=O)O. The zero-order chi connectivity index (χ0) is 28.6. The van der Waals surface area contributed by atoms with Gasteiger partial charge in [-0.15, -0.1) is 0 Å². The molecule has 0 rings (SSSR count). The number of carboxylic acids is 1. The van der Waals surface area contributed by atoms with Gasteiger partial charge in [0, 0.05) is 19.4 Å². The van der Waals surface area contributed by atoms with Gasteiger partial charge in [0.1, 0.15) is 6.04 Å². The van der Waals surface area contributed by atoms with Gasteiger partial charge in [0.05, 0.1) is 6.04 Å². The molecule has 0 aliphatic carbocycles. The normalized spacial score (nSPS) is 12.5. The van der Waals surface area contributed by atoms with Crippen LogP contribution in [0.2, 0.25) is 0 Å². The lowest BCUT2D eigenvalue weighted by Crippen LogP contribution is -2.41. The number of unbranched alkanes of at least 4 members (excludes halogenated alkanes) is 13. The first-order valence-corrected chi connectivity index (χ1v) is 15.8. The lowest BCUT2D eigenvalue weighted by Gasteiger charge is -2.14. The molecule has 0 unspecified atom stereocenters. The topological polar surface area (TPSA) is 139 Å². The molecular formula is C27H50BFIN3O5. The van der Waals surface area contributed by atoms with Crippen LogP contribution in [0.5, 0.6) is 0 Å². The highest BCUT2D eigenvalue weighted by atomic mass is 127. The molecule has 8 nitrogen and oxygen atoms in total. The predicted octanol–water partition coefficient (Wildman–Crippen LogP) is 5.43. The second-order valence-electron chi connectivity index (χ2n) is 10.1. The number of carbonyl (C=O) groups is 4. The summed E-state index contributed by atoms with van der Waals surface area (Å²) in [5.74, 6) is -1.76. The predicted molar refractivity (Wildman–Crippen MR) is 160 cm³/mol. The van der Waals surface area contributed by atoms with Gasteiger partial charge in [0.2, 0.25) is 11.8 Å². The van der Waals surface area contributed by atoms with Crippen LogP contribution in [-0.2, 0) is 19.2 Å². The standard InChI is InChI=1S/C27H50BFIN3O5/c1-2-3-4-5-6-7-8-9-10-11-12-13-14-18-25(35)33-23(27(37)38)19-20-24(34)32-21-16-15-17-22(31)26(36)28(29)30/h22-23H,2-21,31H2,1H3,(H,32,34)(H,33,35)(H,37,38)/t22-,23-/m0/s1. The fourth-order valence-electron chi connectivity index (χ4n) is 4.21. The van der Waals surface area contributed by atoms with E-state index in [2.05, 4.69) is 17.6 Å². The molecule has 0 aromatic heterocycles. The number of nitrogens with two attached hydrogens (primary N) is 1. The second kappa shape index (κ2) is 24.8. The highest BCUT2D eigenvalue weighted by molar-refractivity contribution is 14.1. The van der Waals surface area contributed by atoms with E-state index < -0.39 is 28.6 Å². The lowest BCUT2D eigenvalue weighted by atomic mass is 9.88. The van der Waals surface area contributed by atoms with Crippen molar-refractivity contribution in [3.63, 3.8) is 0 Å². The number of halogens is 2. The Morgan fingerprint density at radius 3 is 1.82 bits per heavy atom. The molecular weight excluding hydrogens is 603 g/mol. The molecule has 0 radical (unpaired) electrons. The molecule has 0 saturated carbocycles. The Morgan fingerprint density at radius 2 is 1.32 bits per heavy atom. The van der Waals surface area contributed by atoms with Crippen molar-refractivity contribution in [2.75, 3.05) is 6.54 Å². The Hall–Kier alpha value is -1.24. The van der Waals surface area contributed by atoms with Gasteiger partial charge in [0.25, 0.3) is 0 Å².